The lowest BCUT2D eigenvalue weighted by atomic mass is 9.75. The summed E-state index contributed by atoms with van der Waals surface area (Å²) >= 11 is 0. The summed E-state index contributed by atoms with van der Waals surface area (Å²) in [6.07, 6.45) is 1.92. The molecule has 8 rings (SSSR count). The van der Waals surface area contributed by atoms with E-state index in [4.69, 9.17) is 9.72 Å². The maximum absolute atomic E-state index is 12.3. The first-order chi connectivity index (χ1) is 19.0. The maximum Gasteiger partial charge on any atom is 0.290 e. The number of rotatable bonds is 1. The Bertz CT molecular complexity index is 2100. The number of aliphatic hydroxyl groups is 1. The quantitative estimate of drug-likeness (QED) is 0.193. The molecule has 1 saturated carbocycles. The van der Waals surface area contributed by atoms with Crippen molar-refractivity contribution in [2.75, 3.05) is 7.11 Å². The Morgan fingerprint density at radius 1 is 0.900 bits per heavy atom. The number of benzene rings is 4. The monoisotopic (exact) mass is 528 g/mol. The lowest BCUT2D eigenvalue weighted by molar-refractivity contribution is -0.743. The smallest absolute Gasteiger partial charge is 0.290 e. The van der Waals surface area contributed by atoms with Crippen molar-refractivity contribution >= 4 is 43.5 Å². The van der Waals surface area contributed by atoms with Gasteiger partial charge in [-0.25, -0.2) is 4.57 Å². The Morgan fingerprint density at radius 3 is 2.27 bits per heavy atom. The highest BCUT2D eigenvalue weighted by Crippen LogP contribution is 2.72. The molecule has 2 aliphatic rings. The molecule has 0 amide bonds. The summed E-state index contributed by atoms with van der Waals surface area (Å²) in [6, 6.07) is 24.0. The predicted octanol–water partition coefficient (Wildman–Crippen LogP) is 6.62. The number of aryl methyl sites for hydroxylation is 1. The first-order valence-electron chi connectivity index (χ1n) is 14.1. The summed E-state index contributed by atoms with van der Waals surface area (Å²) in [5.41, 5.74) is 5.27. The number of ether oxygens (including phenoxy) is 1. The van der Waals surface area contributed by atoms with Gasteiger partial charge >= 0.3 is 0 Å². The topological polar surface area (TPSA) is 51.2 Å². The predicted molar refractivity (Wildman–Crippen MR) is 161 cm³/mol. The van der Waals surface area contributed by atoms with Crippen molar-refractivity contribution in [2.24, 2.45) is 7.05 Å². The summed E-state index contributed by atoms with van der Waals surface area (Å²) in [5.74, 6) is -1.40. The van der Waals surface area contributed by atoms with Gasteiger partial charge in [-0.2, -0.15) is 0 Å². The second-order valence-corrected chi connectivity index (χ2v) is 13.1. The molecule has 200 valence electrons. The fraction of sp³-hybridized carbons (Fsp3) is 0.314. The fourth-order valence-corrected chi connectivity index (χ4v) is 8.26. The van der Waals surface area contributed by atoms with Crippen molar-refractivity contribution in [2.45, 2.75) is 56.8 Å². The molecule has 1 fully saturated rings. The van der Waals surface area contributed by atoms with Crippen LogP contribution in [0, 0.1) is 0 Å². The van der Waals surface area contributed by atoms with E-state index in [-0.39, 0.29) is 5.41 Å². The molecule has 6 aromatic rings. The minimum Gasteiger partial charge on any atom is -0.361 e. The second kappa shape index (κ2) is 7.09. The Hall–Kier alpha value is -3.80. The van der Waals surface area contributed by atoms with Crippen LogP contribution in [0.4, 0.5) is 0 Å². The van der Waals surface area contributed by atoms with E-state index in [1.54, 1.807) is 7.11 Å². The van der Waals surface area contributed by atoms with E-state index in [1.807, 2.05) is 6.33 Å². The summed E-state index contributed by atoms with van der Waals surface area (Å²) in [4.78, 5) is 5.06. The summed E-state index contributed by atoms with van der Waals surface area (Å²) in [7, 11) is 3.73. The molecular formula is C35H34N3O2+. The van der Waals surface area contributed by atoms with E-state index < -0.39 is 16.7 Å². The zero-order valence-corrected chi connectivity index (χ0v) is 24.1. The van der Waals surface area contributed by atoms with Gasteiger partial charge in [0.1, 0.15) is 16.5 Å². The summed E-state index contributed by atoms with van der Waals surface area (Å²) in [6.45, 7) is 11.1. The first kappa shape index (κ1) is 24.0. The highest BCUT2D eigenvalue weighted by Gasteiger charge is 2.91. The highest BCUT2D eigenvalue weighted by molar-refractivity contribution is 6.20. The van der Waals surface area contributed by atoms with Gasteiger partial charge in [-0.15, -0.1) is 0 Å². The molecule has 1 aliphatic heterocycles. The molecule has 0 radical (unpaired) electrons. The van der Waals surface area contributed by atoms with Gasteiger partial charge in [0.05, 0.1) is 5.52 Å². The summed E-state index contributed by atoms with van der Waals surface area (Å²) in [5, 5.41) is 19.3. The van der Waals surface area contributed by atoms with Gasteiger partial charge in [0.2, 0.25) is 5.79 Å². The van der Waals surface area contributed by atoms with Crippen molar-refractivity contribution in [3.8, 4) is 11.3 Å². The SMILES string of the molecule is CO[C@@]1(O)C2(C)c3c(cc(C(C)(C)C)c4ccccc34)-c3c4c5ccc6ccccc6c5n(C)c4nc[n+]3C21C. The van der Waals surface area contributed by atoms with E-state index >= 15 is 0 Å². The Kier molecular flexibility index (Phi) is 4.26. The lowest BCUT2D eigenvalue weighted by Gasteiger charge is -2.31. The number of aromatic nitrogens is 3. The van der Waals surface area contributed by atoms with Crippen molar-refractivity contribution in [1.82, 2.24) is 9.55 Å². The van der Waals surface area contributed by atoms with E-state index in [0.29, 0.717) is 0 Å². The van der Waals surface area contributed by atoms with Crippen LogP contribution in [-0.4, -0.2) is 27.6 Å². The zero-order chi connectivity index (χ0) is 28.0. The minimum atomic E-state index is -1.40. The zero-order valence-electron chi connectivity index (χ0n) is 24.1. The number of methoxy groups -OCH3 is 1. The number of hydrogen-bond donors (Lipinski definition) is 1. The molecule has 2 unspecified atom stereocenters. The Morgan fingerprint density at radius 2 is 1.57 bits per heavy atom. The average Bonchev–Trinajstić information content (AvgIpc) is 3.18. The number of fused-ring (bicyclic) bond motifs is 14. The summed E-state index contributed by atoms with van der Waals surface area (Å²) < 4.78 is 10.5. The van der Waals surface area contributed by atoms with E-state index in [1.165, 1.54) is 38.0 Å². The first-order valence-corrected chi connectivity index (χ1v) is 14.1. The van der Waals surface area contributed by atoms with Gasteiger partial charge in [0, 0.05) is 30.5 Å². The van der Waals surface area contributed by atoms with Gasteiger partial charge in [-0.05, 0) is 57.6 Å². The lowest BCUT2D eigenvalue weighted by Crippen LogP contribution is -2.55. The molecule has 0 saturated heterocycles. The molecule has 5 heteroatoms. The Labute approximate surface area is 233 Å². The molecule has 1 N–H and O–H groups in total. The largest absolute Gasteiger partial charge is 0.361 e. The molecular weight excluding hydrogens is 494 g/mol. The van der Waals surface area contributed by atoms with Crippen molar-refractivity contribution < 1.29 is 14.4 Å². The van der Waals surface area contributed by atoms with Crippen molar-refractivity contribution in [3.63, 3.8) is 0 Å². The van der Waals surface area contributed by atoms with Gasteiger partial charge in [-0.3, -0.25) is 0 Å². The van der Waals surface area contributed by atoms with Crippen LogP contribution < -0.4 is 4.57 Å². The third-order valence-corrected chi connectivity index (χ3v) is 10.5. The van der Waals surface area contributed by atoms with Crippen LogP contribution in [0.3, 0.4) is 0 Å². The molecule has 40 heavy (non-hydrogen) atoms. The molecule has 1 aliphatic carbocycles. The molecule has 0 bridgehead atoms. The van der Waals surface area contributed by atoms with Crippen LogP contribution in [-0.2, 0) is 28.2 Å². The van der Waals surface area contributed by atoms with Gasteiger partial charge in [-0.1, -0.05) is 81.4 Å². The van der Waals surface area contributed by atoms with Crippen LogP contribution in [0.5, 0.6) is 0 Å². The van der Waals surface area contributed by atoms with Crippen LogP contribution in [0.2, 0.25) is 0 Å². The molecule has 3 heterocycles. The maximum atomic E-state index is 12.3. The van der Waals surface area contributed by atoms with Crippen molar-refractivity contribution in [3.05, 3.63) is 84.2 Å². The normalized spacial score (nSPS) is 25.4. The van der Waals surface area contributed by atoms with Crippen LogP contribution >= 0.6 is 0 Å². The van der Waals surface area contributed by atoms with Crippen LogP contribution in [0.25, 0.3) is 54.7 Å². The van der Waals surface area contributed by atoms with Gasteiger partial charge in [0.25, 0.3) is 12.0 Å². The molecule has 3 atom stereocenters. The fourth-order valence-electron chi connectivity index (χ4n) is 8.26. The number of nitrogens with zero attached hydrogens (tertiary/aromatic N) is 3. The standard InChI is InChI=1S/C35H34N3O2/c1-32(2,3)26-18-25-28(23-15-11-10-14-22(23)26)33(4)34(5,35(33,39)40-7)38-19-36-31-27(30(25)38)24-17-16-20-12-8-9-13-21(20)29(24)37(31)6/h8-19,39H,1-7H3/q+1/t33?,34?,35-/m0/s1. The minimum absolute atomic E-state index is 0.0800. The van der Waals surface area contributed by atoms with Crippen LogP contribution in [0.15, 0.2) is 73.1 Å². The Balaban J connectivity index is 1.65. The van der Waals surface area contributed by atoms with E-state index in [0.717, 1.165) is 27.9 Å². The van der Waals surface area contributed by atoms with Gasteiger partial charge < -0.3 is 14.4 Å². The van der Waals surface area contributed by atoms with Crippen molar-refractivity contribution in [1.29, 1.82) is 0 Å². The van der Waals surface area contributed by atoms with E-state index in [9.17, 15) is 5.11 Å². The molecule has 5 nitrogen and oxygen atoms in total. The van der Waals surface area contributed by atoms with E-state index in [2.05, 4.69) is 118 Å². The highest BCUT2D eigenvalue weighted by atomic mass is 16.6. The van der Waals surface area contributed by atoms with Crippen LogP contribution in [0.1, 0.15) is 45.7 Å². The third kappa shape index (κ3) is 2.37. The second-order valence-electron chi connectivity index (χ2n) is 13.1. The number of hydrogen-bond acceptors (Lipinski definition) is 3. The van der Waals surface area contributed by atoms with Gasteiger partial charge in [0.15, 0.2) is 5.54 Å². The molecule has 2 aromatic heterocycles. The average molecular weight is 529 g/mol. The molecule has 0 spiro atoms. The third-order valence-electron chi connectivity index (χ3n) is 10.5. The molecule has 4 aromatic carbocycles.